The molecule has 0 N–H and O–H groups in total. The first-order valence-electron chi connectivity index (χ1n) is 9.84. The highest BCUT2D eigenvalue weighted by Crippen LogP contribution is 2.28. The van der Waals surface area contributed by atoms with Gasteiger partial charge >= 0.3 is 0 Å². The fourth-order valence-electron chi connectivity index (χ4n) is 3.84. The highest BCUT2D eigenvalue weighted by atomic mass is 32.2. The van der Waals surface area contributed by atoms with E-state index in [9.17, 15) is 8.42 Å². The van der Waals surface area contributed by atoms with Crippen molar-refractivity contribution >= 4 is 20.9 Å². The number of rotatable bonds is 5. The van der Waals surface area contributed by atoms with Crippen molar-refractivity contribution in [3.05, 3.63) is 65.9 Å². The van der Waals surface area contributed by atoms with Crippen molar-refractivity contribution in [1.29, 1.82) is 0 Å². The summed E-state index contributed by atoms with van der Waals surface area (Å²) in [6.45, 7) is 6.66. The van der Waals surface area contributed by atoms with E-state index in [1.165, 1.54) is 5.56 Å². The number of aromatic nitrogens is 1. The molecule has 1 saturated heterocycles. The van der Waals surface area contributed by atoms with Gasteiger partial charge in [0.05, 0.1) is 10.4 Å². The minimum Gasteiger partial charge on any atom is -0.304 e. The third-order valence-corrected chi connectivity index (χ3v) is 7.34. The van der Waals surface area contributed by atoms with Gasteiger partial charge in [-0.2, -0.15) is 0 Å². The maximum Gasteiger partial charge on any atom is 0.268 e. The Morgan fingerprint density at radius 3 is 2.32 bits per heavy atom. The predicted octanol–water partition coefficient (Wildman–Crippen LogP) is 3.19. The van der Waals surface area contributed by atoms with Crippen LogP contribution in [0.5, 0.6) is 0 Å². The third kappa shape index (κ3) is 3.60. The van der Waals surface area contributed by atoms with Crippen LogP contribution < -0.4 is 0 Å². The van der Waals surface area contributed by atoms with Crippen molar-refractivity contribution < 1.29 is 8.42 Å². The molecule has 28 heavy (non-hydrogen) atoms. The molecular formula is C22H27N3O2S. The SMILES string of the molecule is CCc1ccc2c(c1)cc(CN1CCN(C)CC1)n2S(=O)(=O)c1ccccc1. The molecule has 148 valence electrons. The second-order valence-corrected chi connectivity index (χ2v) is 9.33. The minimum atomic E-state index is -3.65. The van der Waals surface area contributed by atoms with Crippen molar-refractivity contribution in [3.63, 3.8) is 0 Å². The number of nitrogens with zero attached hydrogens (tertiary/aromatic N) is 3. The van der Waals surface area contributed by atoms with Gasteiger partial charge in [-0.05, 0) is 49.4 Å². The molecule has 0 aliphatic carbocycles. The maximum atomic E-state index is 13.5. The standard InChI is InChI=1S/C22H27N3O2S/c1-3-18-9-10-22-19(15-18)16-20(17-24-13-11-23(2)12-14-24)25(22)28(26,27)21-7-5-4-6-8-21/h4-10,15-16H,3,11-14,17H2,1-2H3. The number of piperazine rings is 1. The quantitative estimate of drug-likeness (QED) is 0.663. The van der Waals surface area contributed by atoms with Gasteiger partial charge in [-0.25, -0.2) is 12.4 Å². The summed E-state index contributed by atoms with van der Waals surface area (Å²) in [5.74, 6) is 0. The fourth-order valence-corrected chi connectivity index (χ4v) is 5.40. The van der Waals surface area contributed by atoms with Gasteiger partial charge < -0.3 is 4.90 Å². The van der Waals surface area contributed by atoms with Crippen LogP contribution in [-0.4, -0.2) is 55.4 Å². The van der Waals surface area contributed by atoms with Gasteiger partial charge in [-0.15, -0.1) is 0 Å². The fraction of sp³-hybridized carbons (Fsp3) is 0.364. The van der Waals surface area contributed by atoms with Crippen LogP contribution in [0, 0.1) is 0 Å². The van der Waals surface area contributed by atoms with E-state index in [1.807, 2.05) is 24.3 Å². The molecule has 0 bridgehead atoms. The van der Waals surface area contributed by atoms with Gasteiger partial charge in [0.25, 0.3) is 10.0 Å². The molecule has 0 saturated carbocycles. The average molecular weight is 398 g/mol. The molecule has 2 heterocycles. The van der Waals surface area contributed by atoms with Gasteiger partial charge in [0.1, 0.15) is 0 Å². The van der Waals surface area contributed by atoms with Crippen LogP contribution >= 0.6 is 0 Å². The second-order valence-electron chi connectivity index (χ2n) is 7.54. The first-order valence-corrected chi connectivity index (χ1v) is 11.3. The van der Waals surface area contributed by atoms with Crippen molar-refractivity contribution in [3.8, 4) is 0 Å². The number of aryl methyl sites for hydroxylation is 1. The molecular weight excluding hydrogens is 370 g/mol. The molecule has 1 aliphatic heterocycles. The smallest absolute Gasteiger partial charge is 0.268 e. The number of fused-ring (bicyclic) bond motifs is 1. The zero-order chi connectivity index (χ0) is 19.7. The first kappa shape index (κ1) is 19.2. The molecule has 3 aromatic rings. The Bertz CT molecular complexity index is 1070. The van der Waals surface area contributed by atoms with Crippen LogP contribution in [-0.2, 0) is 23.0 Å². The van der Waals surface area contributed by atoms with Crippen LogP contribution in [0.2, 0.25) is 0 Å². The molecule has 6 heteroatoms. The van der Waals surface area contributed by atoms with E-state index in [0.29, 0.717) is 11.4 Å². The normalized spacial score (nSPS) is 16.6. The summed E-state index contributed by atoms with van der Waals surface area (Å²) in [7, 11) is -1.53. The second kappa shape index (κ2) is 7.70. The highest BCUT2D eigenvalue weighted by Gasteiger charge is 2.25. The van der Waals surface area contributed by atoms with Crippen molar-refractivity contribution in [2.45, 2.75) is 24.8 Å². The zero-order valence-electron chi connectivity index (χ0n) is 16.5. The molecule has 0 unspecified atom stereocenters. The first-order chi connectivity index (χ1) is 13.5. The average Bonchev–Trinajstić information content (AvgIpc) is 3.08. The number of hydrogen-bond acceptors (Lipinski definition) is 4. The Morgan fingerprint density at radius 1 is 0.929 bits per heavy atom. The highest BCUT2D eigenvalue weighted by molar-refractivity contribution is 7.90. The van der Waals surface area contributed by atoms with Crippen LogP contribution in [0.3, 0.4) is 0 Å². The van der Waals surface area contributed by atoms with E-state index in [1.54, 1.807) is 28.2 Å². The topological polar surface area (TPSA) is 45.5 Å². The van der Waals surface area contributed by atoms with Gasteiger partial charge in [0.2, 0.25) is 0 Å². The number of likely N-dealkylation sites (N-methyl/N-ethyl adjacent to an activating group) is 1. The minimum absolute atomic E-state index is 0.326. The van der Waals surface area contributed by atoms with Gasteiger partial charge in [0.15, 0.2) is 0 Å². The van der Waals surface area contributed by atoms with Gasteiger partial charge in [-0.3, -0.25) is 4.90 Å². The Hall–Kier alpha value is -2.15. The van der Waals surface area contributed by atoms with Crippen molar-refractivity contribution in [2.24, 2.45) is 0 Å². The monoisotopic (exact) mass is 397 g/mol. The number of hydrogen-bond donors (Lipinski definition) is 0. The molecule has 1 aliphatic rings. The summed E-state index contributed by atoms with van der Waals surface area (Å²) in [5, 5.41) is 0.989. The maximum absolute atomic E-state index is 13.5. The lowest BCUT2D eigenvalue weighted by Crippen LogP contribution is -2.44. The van der Waals surface area contributed by atoms with E-state index in [4.69, 9.17) is 0 Å². The summed E-state index contributed by atoms with van der Waals surface area (Å²) >= 11 is 0. The van der Waals surface area contributed by atoms with Crippen molar-refractivity contribution in [1.82, 2.24) is 13.8 Å². The Labute approximate surface area is 167 Å². The van der Waals surface area contributed by atoms with Crippen LogP contribution in [0.15, 0.2) is 59.5 Å². The Kier molecular flexibility index (Phi) is 5.27. The molecule has 5 nitrogen and oxygen atoms in total. The lowest BCUT2D eigenvalue weighted by molar-refractivity contribution is 0.147. The number of benzene rings is 2. The molecule has 2 aromatic carbocycles. The summed E-state index contributed by atoms with van der Waals surface area (Å²) in [6, 6.07) is 16.9. The van der Waals surface area contributed by atoms with Crippen LogP contribution in [0.4, 0.5) is 0 Å². The lowest BCUT2D eigenvalue weighted by atomic mass is 10.1. The summed E-state index contributed by atoms with van der Waals surface area (Å²) in [6.07, 6.45) is 0.931. The zero-order valence-corrected chi connectivity index (χ0v) is 17.3. The van der Waals surface area contributed by atoms with E-state index in [0.717, 1.165) is 49.2 Å². The molecule has 0 radical (unpaired) electrons. The van der Waals surface area contributed by atoms with E-state index in [2.05, 4.69) is 29.8 Å². The molecule has 1 fully saturated rings. The van der Waals surface area contributed by atoms with Crippen molar-refractivity contribution in [2.75, 3.05) is 33.2 Å². The molecule has 0 spiro atoms. The predicted molar refractivity (Wildman–Crippen MR) is 113 cm³/mol. The molecule has 0 amide bonds. The molecule has 1 aromatic heterocycles. The van der Waals surface area contributed by atoms with E-state index in [-0.39, 0.29) is 0 Å². The van der Waals surface area contributed by atoms with E-state index < -0.39 is 10.0 Å². The summed E-state index contributed by atoms with van der Waals surface area (Å²) < 4.78 is 28.6. The molecule has 0 atom stereocenters. The van der Waals surface area contributed by atoms with Crippen LogP contribution in [0.1, 0.15) is 18.2 Å². The Morgan fingerprint density at radius 2 is 1.64 bits per heavy atom. The summed E-state index contributed by atoms with van der Waals surface area (Å²) in [4.78, 5) is 4.97. The van der Waals surface area contributed by atoms with Gasteiger partial charge in [-0.1, -0.05) is 31.2 Å². The lowest BCUT2D eigenvalue weighted by Gasteiger charge is -2.32. The van der Waals surface area contributed by atoms with Gasteiger partial charge in [0, 0.05) is 43.8 Å². The molecule has 4 rings (SSSR count). The Balaban J connectivity index is 1.82. The van der Waals surface area contributed by atoms with Crippen LogP contribution in [0.25, 0.3) is 10.9 Å². The largest absolute Gasteiger partial charge is 0.304 e. The summed E-state index contributed by atoms with van der Waals surface area (Å²) in [5.41, 5.74) is 2.80. The van der Waals surface area contributed by atoms with E-state index >= 15 is 0 Å². The third-order valence-electron chi connectivity index (χ3n) is 5.56.